The number of sulfonamides is 1. The molecule has 5 heteroatoms. The van der Waals surface area contributed by atoms with Gasteiger partial charge in [-0.3, -0.25) is 0 Å². The summed E-state index contributed by atoms with van der Waals surface area (Å²) in [5.41, 5.74) is 0. The molecule has 1 saturated carbocycles. The predicted octanol–water partition coefficient (Wildman–Crippen LogP) is -0.303. The van der Waals surface area contributed by atoms with Gasteiger partial charge >= 0.3 is 0 Å². The molecule has 2 N–H and O–H groups in total. The minimum Gasteiger partial charge on any atom is -0.396 e. The number of hydrogen-bond donors (Lipinski definition) is 2. The van der Waals surface area contributed by atoms with Gasteiger partial charge in [0, 0.05) is 12.6 Å². The Balaban J connectivity index is 2.52. The minimum absolute atomic E-state index is 0.0509. The summed E-state index contributed by atoms with van der Waals surface area (Å²) in [6.07, 6.45) is 3.92. The second kappa shape index (κ2) is 3.72. The van der Waals surface area contributed by atoms with Gasteiger partial charge in [-0.05, 0) is 18.8 Å². The van der Waals surface area contributed by atoms with E-state index in [4.69, 9.17) is 5.11 Å². The molecule has 0 radical (unpaired) electrons. The molecule has 72 valence electrons. The van der Waals surface area contributed by atoms with Gasteiger partial charge in [0.1, 0.15) is 0 Å². The van der Waals surface area contributed by atoms with Crippen LogP contribution in [0.2, 0.25) is 0 Å². The van der Waals surface area contributed by atoms with Gasteiger partial charge in [0.2, 0.25) is 10.0 Å². The fraction of sp³-hybridized carbons (Fsp3) is 1.00. The van der Waals surface area contributed by atoms with Gasteiger partial charge in [-0.2, -0.15) is 0 Å². The summed E-state index contributed by atoms with van der Waals surface area (Å²) >= 11 is 0. The molecule has 0 aromatic heterocycles. The molecule has 0 unspecified atom stereocenters. The molecule has 0 saturated heterocycles. The quantitative estimate of drug-likeness (QED) is 0.646. The van der Waals surface area contributed by atoms with Crippen LogP contribution in [0, 0.1) is 5.92 Å². The Labute approximate surface area is 73.0 Å². The average molecular weight is 193 g/mol. The van der Waals surface area contributed by atoms with Crippen molar-refractivity contribution < 1.29 is 13.5 Å². The number of nitrogens with one attached hydrogen (secondary N) is 1. The van der Waals surface area contributed by atoms with Crippen LogP contribution in [0.1, 0.15) is 19.3 Å². The van der Waals surface area contributed by atoms with Crippen LogP contribution in [-0.2, 0) is 10.0 Å². The maximum Gasteiger partial charge on any atom is 0.208 e. The Morgan fingerprint density at radius 1 is 1.50 bits per heavy atom. The molecule has 0 spiro atoms. The van der Waals surface area contributed by atoms with E-state index >= 15 is 0 Å². The summed E-state index contributed by atoms with van der Waals surface area (Å²) in [5, 5.41) is 8.90. The van der Waals surface area contributed by atoms with Crippen molar-refractivity contribution in [3.8, 4) is 0 Å². The third kappa shape index (κ3) is 2.73. The third-order valence-corrected chi connectivity index (χ3v) is 2.99. The van der Waals surface area contributed by atoms with Crippen LogP contribution in [0.15, 0.2) is 0 Å². The lowest BCUT2D eigenvalue weighted by molar-refractivity contribution is 0.213. The lowest BCUT2D eigenvalue weighted by Crippen LogP contribution is -2.37. The first kappa shape index (κ1) is 9.95. The van der Waals surface area contributed by atoms with Crippen LogP contribution >= 0.6 is 0 Å². The Bertz CT molecular complexity index is 237. The summed E-state index contributed by atoms with van der Waals surface area (Å²) in [6.45, 7) is 0.0766. The zero-order valence-corrected chi connectivity index (χ0v) is 7.97. The fourth-order valence-electron chi connectivity index (χ4n) is 1.69. The van der Waals surface area contributed by atoms with Crippen molar-refractivity contribution >= 4 is 10.0 Å². The highest BCUT2D eigenvalue weighted by atomic mass is 32.2. The van der Waals surface area contributed by atoms with Crippen molar-refractivity contribution in [2.24, 2.45) is 5.92 Å². The molecule has 0 aliphatic heterocycles. The van der Waals surface area contributed by atoms with Crippen LogP contribution in [0.4, 0.5) is 0 Å². The monoisotopic (exact) mass is 193 g/mol. The van der Waals surface area contributed by atoms with Crippen molar-refractivity contribution in [2.75, 3.05) is 12.9 Å². The van der Waals surface area contributed by atoms with Crippen LogP contribution in [0.25, 0.3) is 0 Å². The molecule has 0 aromatic carbocycles. The highest BCUT2D eigenvalue weighted by Crippen LogP contribution is 2.25. The Morgan fingerprint density at radius 3 is 2.67 bits per heavy atom. The van der Waals surface area contributed by atoms with E-state index < -0.39 is 10.0 Å². The molecule has 2 atom stereocenters. The fourth-order valence-corrected chi connectivity index (χ4v) is 2.55. The van der Waals surface area contributed by atoms with E-state index in [0.29, 0.717) is 0 Å². The van der Waals surface area contributed by atoms with Gasteiger partial charge in [0.25, 0.3) is 0 Å². The molecule has 4 nitrogen and oxygen atoms in total. The predicted molar refractivity (Wildman–Crippen MR) is 46.2 cm³/mol. The summed E-state index contributed by atoms with van der Waals surface area (Å²) in [4.78, 5) is 0. The molecule has 1 aliphatic rings. The third-order valence-electron chi connectivity index (χ3n) is 2.26. The molecule has 1 fully saturated rings. The van der Waals surface area contributed by atoms with E-state index in [0.717, 1.165) is 25.5 Å². The summed E-state index contributed by atoms with van der Waals surface area (Å²) in [6, 6.07) is -0.0509. The molecule has 0 bridgehead atoms. The number of rotatable bonds is 3. The van der Waals surface area contributed by atoms with E-state index in [1.807, 2.05) is 0 Å². The summed E-state index contributed by atoms with van der Waals surface area (Å²) in [7, 11) is -3.11. The molecule has 0 aromatic rings. The van der Waals surface area contributed by atoms with Gasteiger partial charge in [-0.25, -0.2) is 13.1 Å². The number of hydrogen-bond acceptors (Lipinski definition) is 3. The van der Waals surface area contributed by atoms with Gasteiger partial charge < -0.3 is 5.11 Å². The van der Waals surface area contributed by atoms with Crippen LogP contribution in [0.3, 0.4) is 0 Å². The number of aliphatic hydroxyl groups excluding tert-OH is 1. The molecule has 0 heterocycles. The normalized spacial score (nSPS) is 30.8. The van der Waals surface area contributed by atoms with E-state index in [2.05, 4.69) is 4.72 Å². The van der Waals surface area contributed by atoms with Crippen molar-refractivity contribution in [2.45, 2.75) is 25.3 Å². The molecule has 1 rings (SSSR count). The SMILES string of the molecule is CS(=O)(=O)N[C@@H]1CCC[C@@H]1CO. The Hall–Kier alpha value is -0.130. The van der Waals surface area contributed by atoms with E-state index in [-0.39, 0.29) is 18.6 Å². The zero-order valence-electron chi connectivity index (χ0n) is 7.16. The van der Waals surface area contributed by atoms with Crippen molar-refractivity contribution in [1.82, 2.24) is 4.72 Å². The lowest BCUT2D eigenvalue weighted by Gasteiger charge is -2.17. The molecule has 12 heavy (non-hydrogen) atoms. The molecule has 0 amide bonds. The summed E-state index contributed by atoms with van der Waals surface area (Å²) < 4.78 is 24.2. The minimum atomic E-state index is -3.11. The van der Waals surface area contributed by atoms with Crippen molar-refractivity contribution in [1.29, 1.82) is 0 Å². The number of aliphatic hydroxyl groups is 1. The van der Waals surface area contributed by atoms with Crippen LogP contribution in [0.5, 0.6) is 0 Å². The second-order valence-electron chi connectivity index (χ2n) is 3.37. The zero-order chi connectivity index (χ0) is 9.19. The highest BCUT2D eigenvalue weighted by Gasteiger charge is 2.28. The Morgan fingerprint density at radius 2 is 2.17 bits per heavy atom. The first-order valence-corrected chi connectivity index (χ1v) is 6.00. The van der Waals surface area contributed by atoms with Gasteiger partial charge in [-0.15, -0.1) is 0 Å². The second-order valence-corrected chi connectivity index (χ2v) is 5.15. The molecular formula is C7H15NO3S. The van der Waals surface area contributed by atoms with E-state index in [1.165, 1.54) is 0 Å². The lowest BCUT2D eigenvalue weighted by atomic mass is 10.1. The van der Waals surface area contributed by atoms with Crippen LogP contribution in [-0.4, -0.2) is 32.4 Å². The maximum atomic E-state index is 10.9. The van der Waals surface area contributed by atoms with Crippen LogP contribution < -0.4 is 4.72 Å². The molecular weight excluding hydrogens is 178 g/mol. The standard InChI is InChI=1S/C7H15NO3S/c1-12(10,11)8-7-4-2-3-6(7)5-9/h6-9H,2-5H2,1H3/t6-,7-/m1/s1. The Kier molecular flexibility index (Phi) is 3.09. The van der Waals surface area contributed by atoms with Gasteiger partial charge in [0.05, 0.1) is 6.26 Å². The van der Waals surface area contributed by atoms with Crippen molar-refractivity contribution in [3.05, 3.63) is 0 Å². The highest BCUT2D eigenvalue weighted by molar-refractivity contribution is 7.88. The van der Waals surface area contributed by atoms with E-state index in [1.54, 1.807) is 0 Å². The topological polar surface area (TPSA) is 66.4 Å². The smallest absolute Gasteiger partial charge is 0.208 e. The largest absolute Gasteiger partial charge is 0.396 e. The first-order valence-electron chi connectivity index (χ1n) is 4.11. The van der Waals surface area contributed by atoms with Gasteiger partial charge in [-0.1, -0.05) is 6.42 Å². The van der Waals surface area contributed by atoms with Crippen molar-refractivity contribution in [3.63, 3.8) is 0 Å². The average Bonchev–Trinajstić information content (AvgIpc) is 2.31. The first-order chi connectivity index (χ1) is 5.53. The van der Waals surface area contributed by atoms with E-state index in [9.17, 15) is 8.42 Å². The maximum absolute atomic E-state index is 10.9. The molecule has 1 aliphatic carbocycles. The van der Waals surface area contributed by atoms with Gasteiger partial charge in [0.15, 0.2) is 0 Å². The summed E-state index contributed by atoms with van der Waals surface area (Å²) in [5.74, 6) is 0.111.